The van der Waals surface area contributed by atoms with E-state index in [0.29, 0.717) is 6.54 Å². The van der Waals surface area contributed by atoms with Crippen molar-refractivity contribution < 1.29 is 4.79 Å². The average molecular weight is 463 g/mol. The number of benzene rings is 2. The summed E-state index contributed by atoms with van der Waals surface area (Å²) in [6, 6.07) is 18.4. The topological polar surface area (TPSA) is 75.0 Å². The molecule has 1 amide bonds. The van der Waals surface area contributed by atoms with Crippen LogP contribution in [0.15, 0.2) is 54.6 Å². The number of hydrogen-bond acceptors (Lipinski definition) is 3. The van der Waals surface area contributed by atoms with Crippen LogP contribution in [0.1, 0.15) is 74.1 Å². The van der Waals surface area contributed by atoms with Crippen LogP contribution >= 0.6 is 0 Å². The molecule has 1 saturated heterocycles. The van der Waals surface area contributed by atoms with Crippen molar-refractivity contribution in [3.8, 4) is 11.3 Å². The first-order valence-corrected chi connectivity index (χ1v) is 13.0. The SMILES string of the molecule is CC.CC.NCCCc1c(-c2ccc(C(=O)N3CCCC3)cc2)n[nH]c1CCc1ccccc1. The summed E-state index contributed by atoms with van der Waals surface area (Å²) in [6.07, 6.45) is 5.93. The highest BCUT2D eigenvalue weighted by Gasteiger charge is 2.20. The van der Waals surface area contributed by atoms with Crippen LogP contribution in [0.25, 0.3) is 11.3 Å². The number of rotatable bonds is 8. The van der Waals surface area contributed by atoms with Crippen LogP contribution in [0.4, 0.5) is 0 Å². The lowest BCUT2D eigenvalue weighted by Crippen LogP contribution is -2.27. The number of amides is 1. The molecule has 2 heterocycles. The molecule has 184 valence electrons. The molecule has 0 aliphatic carbocycles. The van der Waals surface area contributed by atoms with E-state index in [1.807, 2.05) is 62.9 Å². The number of nitrogens with two attached hydrogens (primary N) is 1. The third-order valence-electron chi connectivity index (χ3n) is 5.89. The minimum absolute atomic E-state index is 0.132. The molecule has 34 heavy (non-hydrogen) atoms. The summed E-state index contributed by atoms with van der Waals surface area (Å²) in [5, 5.41) is 7.91. The van der Waals surface area contributed by atoms with Crippen molar-refractivity contribution in [2.45, 2.75) is 66.2 Å². The molecule has 1 fully saturated rings. The second-order valence-electron chi connectivity index (χ2n) is 7.98. The predicted octanol–water partition coefficient (Wildman–Crippen LogP) is 6.04. The van der Waals surface area contributed by atoms with Crippen LogP contribution in [0, 0.1) is 0 Å². The lowest BCUT2D eigenvalue weighted by Gasteiger charge is -2.15. The number of carbonyl (C=O) groups excluding carboxylic acids is 1. The fourth-order valence-electron chi connectivity index (χ4n) is 4.18. The number of likely N-dealkylation sites (tertiary alicyclic amines) is 1. The lowest BCUT2D eigenvalue weighted by atomic mass is 9.98. The van der Waals surface area contributed by atoms with Crippen LogP contribution in [0.3, 0.4) is 0 Å². The predicted molar refractivity (Wildman–Crippen MR) is 143 cm³/mol. The molecule has 0 saturated carbocycles. The molecule has 0 unspecified atom stereocenters. The minimum atomic E-state index is 0.132. The quantitative estimate of drug-likeness (QED) is 0.428. The summed E-state index contributed by atoms with van der Waals surface area (Å²) in [5.41, 5.74) is 12.3. The molecule has 3 N–H and O–H groups in total. The van der Waals surface area contributed by atoms with Gasteiger partial charge in [-0.15, -0.1) is 0 Å². The first-order valence-electron chi connectivity index (χ1n) is 13.0. The van der Waals surface area contributed by atoms with E-state index in [-0.39, 0.29) is 5.91 Å². The molecule has 3 aromatic rings. The van der Waals surface area contributed by atoms with Gasteiger partial charge >= 0.3 is 0 Å². The van der Waals surface area contributed by atoms with Gasteiger partial charge in [0.25, 0.3) is 5.91 Å². The van der Waals surface area contributed by atoms with Crippen LogP contribution < -0.4 is 5.73 Å². The van der Waals surface area contributed by atoms with Gasteiger partial charge in [0.1, 0.15) is 0 Å². The van der Waals surface area contributed by atoms with Crippen molar-refractivity contribution in [2.24, 2.45) is 5.73 Å². The van der Waals surface area contributed by atoms with Crippen LogP contribution in [-0.2, 0) is 19.3 Å². The van der Waals surface area contributed by atoms with E-state index in [9.17, 15) is 4.79 Å². The Morgan fingerprint density at radius 3 is 2.18 bits per heavy atom. The van der Waals surface area contributed by atoms with E-state index in [0.717, 1.165) is 68.4 Å². The van der Waals surface area contributed by atoms with E-state index < -0.39 is 0 Å². The third-order valence-corrected chi connectivity index (χ3v) is 5.89. The molecule has 1 aromatic heterocycles. The molecule has 0 radical (unpaired) electrons. The van der Waals surface area contributed by atoms with Gasteiger partial charge < -0.3 is 10.6 Å². The Balaban J connectivity index is 0.000000970. The van der Waals surface area contributed by atoms with Gasteiger partial charge in [0.05, 0.1) is 5.69 Å². The first-order chi connectivity index (χ1) is 16.8. The van der Waals surface area contributed by atoms with E-state index in [2.05, 4.69) is 34.5 Å². The number of carbonyl (C=O) groups is 1. The molecule has 4 rings (SSSR count). The largest absolute Gasteiger partial charge is 0.339 e. The maximum Gasteiger partial charge on any atom is 0.253 e. The smallest absolute Gasteiger partial charge is 0.253 e. The molecule has 0 atom stereocenters. The third kappa shape index (κ3) is 7.29. The normalized spacial score (nSPS) is 12.4. The summed E-state index contributed by atoms with van der Waals surface area (Å²) in [5.74, 6) is 0.132. The average Bonchev–Trinajstić information content (AvgIpc) is 3.59. The number of nitrogens with zero attached hydrogens (tertiary/aromatic N) is 2. The fourth-order valence-corrected chi connectivity index (χ4v) is 4.18. The van der Waals surface area contributed by atoms with Crippen molar-refractivity contribution in [1.29, 1.82) is 0 Å². The highest BCUT2D eigenvalue weighted by molar-refractivity contribution is 5.94. The van der Waals surface area contributed by atoms with Gasteiger partial charge in [-0.05, 0) is 62.8 Å². The fraction of sp³-hybridized carbons (Fsp3) is 0.448. The van der Waals surface area contributed by atoms with E-state index in [1.54, 1.807) is 0 Å². The van der Waals surface area contributed by atoms with Crippen molar-refractivity contribution in [3.63, 3.8) is 0 Å². The van der Waals surface area contributed by atoms with Gasteiger partial charge in [0.15, 0.2) is 0 Å². The maximum atomic E-state index is 12.6. The van der Waals surface area contributed by atoms with Crippen molar-refractivity contribution >= 4 is 5.91 Å². The Hall–Kier alpha value is -2.92. The molecule has 5 heteroatoms. The zero-order valence-corrected chi connectivity index (χ0v) is 21.4. The van der Waals surface area contributed by atoms with E-state index in [1.165, 1.54) is 16.8 Å². The van der Waals surface area contributed by atoms with Crippen molar-refractivity contribution in [3.05, 3.63) is 77.0 Å². The highest BCUT2D eigenvalue weighted by Crippen LogP contribution is 2.27. The summed E-state index contributed by atoms with van der Waals surface area (Å²) in [4.78, 5) is 14.6. The summed E-state index contributed by atoms with van der Waals surface area (Å²) >= 11 is 0. The molecule has 1 aliphatic heterocycles. The van der Waals surface area contributed by atoms with Gasteiger partial charge in [-0.3, -0.25) is 9.89 Å². The highest BCUT2D eigenvalue weighted by atomic mass is 16.2. The molecule has 1 aliphatic rings. The number of nitrogens with one attached hydrogen (secondary N) is 1. The number of aromatic amines is 1. The second kappa shape index (κ2) is 15.1. The van der Waals surface area contributed by atoms with Crippen LogP contribution in [0.2, 0.25) is 0 Å². The Labute approximate surface area is 205 Å². The van der Waals surface area contributed by atoms with Crippen molar-refractivity contribution in [1.82, 2.24) is 15.1 Å². The van der Waals surface area contributed by atoms with Crippen LogP contribution in [-0.4, -0.2) is 40.6 Å². The Morgan fingerprint density at radius 1 is 0.912 bits per heavy atom. The Bertz CT molecular complexity index is 958. The van der Waals surface area contributed by atoms with Gasteiger partial charge in [-0.1, -0.05) is 70.2 Å². The monoisotopic (exact) mass is 462 g/mol. The Morgan fingerprint density at radius 2 is 1.56 bits per heavy atom. The number of hydrogen-bond donors (Lipinski definition) is 2. The van der Waals surface area contributed by atoms with E-state index in [4.69, 9.17) is 5.73 Å². The zero-order valence-electron chi connectivity index (χ0n) is 21.4. The Kier molecular flexibility index (Phi) is 12.1. The number of aryl methyl sites for hydroxylation is 2. The summed E-state index contributed by atoms with van der Waals surface area (Å²) < 4.78 is 0. The van der Waals surface area contributed by atoms with Gasteiger partial charge in [0, 0.05) is 35.5 Å². The molecule has 0 bridgehead atoms. The number of aromatic nitrogens is 2. The second-order valence-corrected chi connectivity index (χ2v) is 7.98. The summed E-state index contributed by atoms with van der Waals surface area (Å²) in [7, 11) is 0. The van der Waals surface area contributed by atoms with Gasteiger partial charge in [-0.25, -0.2) is 0 Å². The zero-order chi connectivity index (χ0) is 24.8. The molecular formula is C29H42N4O. The van der Waals surface area contributed by atoms with E-state index >= 15 is 0 Å². The van der Waals surface area contributed by atoms with Crippen molar-refractivity contribution in [2.75, 3.05) is 19.6 Å². The first kappa shape index (κ1) is 27.3. The number of H-pyrrole nitrogens is 1. The summed E-state index contributed by atoms with van der Waals surface area (Å²) in [6.45, 7) is 10.4. The van der Waals surface area contributed by atoms with Gasteiger partial charge in [0.2, 0.25) is 0 Å². The standard InChI is InChI=1S/C25H30N4O.2C2H6/c26-16-6-9-22-23(15-10-19-7-2-1-3-8-19)27-28-24(22)20-11-13-21(14-12-20)25(30)29-17-4-5-18-29;2*1-2/h1-3,7-8,11-14H,4-6,9-10,15-18,26H2,(H,27,28);2*1-2H3. The molecule has 0 spiro atoms. The maximum absolute atomic E-state index is 12.6. The minimum Gasteiger partial charge on any atom is -0.339 e. The van der Waals surface area contributed by atoms with Crippen LogP contribution in [0.5, 0.6) is 0 Å². The van der Waals surface area contributed by atoms with Gasteiger partial charge in [-0.2, -0.15) is 5.10 Å². The lowest BCUT2D eigenvalue weighted by molar-refractivity contribution is 0.0793. The molecule has 2 aromatic carbocycles. The molecular weight excluding hydrogens is 420 g/mol. The molecule has 5 nitrogen and oxygen atoms in total.